The number of nitrogens with two attached hydrogens (primary N) is 2. The number of hydrogen-bond donors (Lipinski definition) is 2. The van der Waals surface area contributed by atoms with Gasteiger partial charge in [0, 0.05) is 18.7 Å². The van der Waals surface area contributed by atoms with Gasteiger partial charge in [-0.05, 0) is 50.1 Å². The molecule has 1 aromatic heterocycles. The quantitative estimate of drug-likeness (QED) is 0.452. The number of ether oxygens (including phenoxy) is 2. The maximum atomic E-state index is 12.7. The van der Waals surface area contributed by atoms with E-state index in [-0.39, 0.29) is 5.43 Å². The Kier molecular flexibility index (Phi) is 6.09. The molecule has 26 heavy (non-hydrogen) atoms. The highest BCUT2D eigenvalue weighted by molar-refractivity contribution is 5.90. The smallest absolute Gasteiger partial charge is 0.200 e. The van der Waals surface area contributed by atoms with Gasteiger partial charge in [-0.1, -0.05) is 0 Å². The van der Waals surface area contributed by atoms with Crippen LogP contribution < -0.4 is 26.4 Å². The van der Waals surface area contributed by atoms with Crippen molar-refractivity contribution in [3.8, 4) is 11.5 Å². The van der Waals surface area contributed by atoms with Crippen LogP contribution in [0.15, 0.2) is 45.6 Å². The monoisotopic (exact) mass is 356 g/mol. The molecule has 6 heteroatoms. The van der Waals surface area contributed by atoms with Gasteiger partial charge in [0.2, 0.25) is 5.43 Å². The van der Waals surface area contributed by atoms with E-state index in [1.807, 2.05) is 0 Å². The van der Waals surface area contributed by atoms with E-state index in [2.05, 4.69) is 0 Å². The first-order valence-corrected chi connectivity index (χ1v) is 8.89. The fourth-order valence-corrected chi connectivity index (χ4v) is 2.78. The molecule has 4 N–H and O–H groups in total. The fourth-order valence-electron chi connectivity index (χ4n) is 2.78. The van der Waals surface area contributed by atoms with E-state index in [4.69, 9.17) is 25.4 Å². The van der Waals surface area contributed by atoms with Crippen molar-refractivity contribution in [1.82, 2.24) is 0 Å². The third kappa shape index (κ3) is 4.15. The number of fused-ring (bicyclic) bond motifs is 2. The zero-order chi connectivity index (χ0) is 18.4. The molecule has 0 aliphatic heterocycles. The van der Waals surface area contributed by atoms with E-state index < -0.39 is 0 Å². The summed E-state index contributed by atoms with van der Waals surface area (Å²) in [7, 11) is 0. The first-order chi connectivity index (χ1) is 12.7. The molecular weight excluding hydrogens is 332 g/mol. The van der Waals surface area contributed by atoms with Crippen LogP contribution in [-0.2, 0) is 0 Å². The third-order valence-corrected chi connectivity index (χ3v) is 4.12. The molecule has 6 nitrogen and oxygen atoms in total. The van der Waals surface area contributed by atoms with Crippen molar-refractivity contribution in [2.24, 2.45) is 11.5 Å². The van der Waals surface area contributed by atoms with Crippen LogP contribution in [0.5, 0.6) is 11.5 Å². The van der Waals surface area contributed by atoms with E-state index >= 15 is 0 Å². The predicted molar refractivity (Wildman–Crippen MR) is 103 cm³/mol. The van der Waals surface area contributed by atoms with Crippen LogP contribution in [0.1, 0.15) is 19.3 Å². The molecular formula is C20H24N2O4. The van der Waals surface area contributed by atoms with Crippen molar-refractivity contribution in [2.45, 2.75) is 19.3 Å². The SMILES string of the molecule is NCCCCCOc1ccc2c(=O)c3ccc(OCCN)cc3oc2c1. The van der Waals surface area contributed by atoms with Gasteiger partial charge in [-0.15, -0.1) is 0 Å². The lowest BCUT2D eigenvalue weighted by Gasteiger charge is -2.08. The maximum absolute atomic E-state index is 12.7. The van der Waals surface area contributed by atoms with Gasteiger partial charge in [-0.25, -0.2) is 0 Å². The highest BCUT2D eigenvalue weighted by atomic mass is 16.5. The van der Waals surface area contributed by atoms with Crippen LogP contribution in [0.4, 0.5) is 0 Å². The summed E-state index contributed by atoms with van der Waals surface area (Å²) in [5.74, 6) is 1.31. The van der Waals surface area contributed by atoms with Crippen LogP contribution in [0.25, 0.3) is 21.9 Å². The summed E-state index contributed by atoms with van der Waals surface area (Å²) in [5.41, 5.74) is 11.8. The highest BCUT2D eigenvalue weighted by Gasteiger charge is 2.10. The van der Waals surface area contributed by atoms with Crippen LogP contribution in [0, 0.1) is 0 Å². The first-order valence-electron chi connectivity index (χ1n) is 8.89. The molecule has 0 bridgehead atoms. The third-order valence-electron chi connectivity index (χ3n) is 4.12. The van der Waals surface area contributed by atoms with Gasteiger partial charge in [0.05, 0.1) is 17.4 Å². The normalized spacial score (nSPS) is 11.2. The van der Waals surface area contributed by atoms with Gasteiger partial charge in [0.1, 0.15) is 29.3 Å². The van der Waals surface area contributed by atoms with Gasteiger partial charge >= 0.3 is 0 Å². The Bertz CT molecular complexity index is 936. The van der Waals surface area contributed by atoms with Crippen molar-refractivity contribution in [3.05, 3.63) is 46.6 Å². The second-order valence-electron chi connectivity index (χ2n) is 6.08. The molecule has 0 saturated heterocycles. The molecule has 1 heterocycles. The van der Waals surface area contributed by atoms with E-state index in [9.17, 15) is 4.79 Å². The Balaban J connectivity index is 1.87. The van der Waals surface area contributed by atoms with E-state index in [1.165, 1.54) is 0 Å². The Labute approximate surface area is 151 Å². The first kappa shape index (κ1) is 18.2. The molecule has 138 valence electrons. The van der Waals surface area contributed by atoms with Crippen LogP contribution in [0.3, 0.4) is 0 Å². The lowest BCUT2D eigenvalue weighted by molar-refractivity contribution is 0.305. The zero-order valence-corrected chi connectivity index (χ0v) is 14.7. The Hall–Kier alpha value is -2.57. The average molecular weight is 356 g/mol. The second kappa shape index (κ2) is 8.69. The van der Waals surface area contributed by atoms with Gasteiger partial charge in [-0.3, -0.25) is 4.79 Å². The lowest BCUT2D eigenvalue weighted by Crippen LogP contribution is -2.10. The van der Waals surface area contributed by atoms with Crippen molar-refractivity contribution in [1.29, 1.82) is 0 Å². The molecule has 3 rings (SSSR count). The van der Waals surface area contributed by atoms with Crippen molar-refractivity contribution in [3.63, 3.8) is 0 Å². The van der Waals surface area contributed by atoms with Gasteiger partial charge in [0.25, 0.3) is 0 Å². The summed E-state index contributed by atoms with van der Waals surface area (Å²) in [4.78, 5) is 12.7. The predicted octanol–water partition coefficient (Wildman–Crippen LogP) is 2.79. The minimum absolute atomic E-state index is 0.0684. The summed E-state index contributed by atoms with van der Waals surface area (Å²) in [5, 5.41) is 1.05. The average Bonchev–Trinajstić information content (AvgIpc) is 2.66. The summed E-state index contributed by atoms with van der Waals surface area (Å²) in [6.07, 6.45) is 2.98. The minimum Gasteiger partial charge on any atom is -0.493 e. The summed E-state index contributed by atoms with van der Waals surface area (Å²) < 4.78 is 17.2. The standard InChI is InChI=1S/C20H24N2O4/c21-8-2-1-3-10-24-14-4-6-16-18(12-14)26-19-13-15(25-11-9-22)5-7-17(19)20(16)23/h4-7,12-13H,1-3,8-11,21-22H2. The van der Waals surface area contributed by atoms with Gasteiger partial charge in [-0.2, -0.15) is 0 Å². The highest BCUT2D eigenvalue weighted by Crippen LogP contribution is 2.25. The molecule has 0 saturated carbocycles. The van der Waals surface area contributed by atoms with Crippen LogP contribution in [0.2, 0.25) is 0 Å². The molecule has 0 fully saturated rings. The zero-order valence-electron chi connectivity index (χ0n) is 14.7. The number of benzene rings is 2. The minimum atomic E-state index is -0.0684. The van der Waals surface area contributed by atoms with Crippen LogP contribution in [-0.4, -0.2) is 26.3 Å². The lowest BCUT2D eigenvalue weighted by atomic mass is 10.1. The fraction of sp³-hybridized carbons (Fsp3) is 0.350. The van der Waals surface area contributed by atoms with Crippen LogP contribution >= 0.6 is 0 Å². The second-order valence-corrected chi connectivity index (χ2v) is 6.08. The largest absolute Gasteiger partial charge is 0.493 e. The number of rotatable bonds is 9. The van der Waals surface area contributed by atoms with E-state index in [1.54, 1.807) is 36.4 Å². The number of hydrogen-bond acceptors (Lipinski definition) is 6. The Morgan fingerprint density at radius 1 is 0.769 bits per heavy atom. The Morgan fingerprint density at radius 3 is 1.96 bits per heavy atom. The van der Waals surface area contributed by atoms with Gasteiger partial charge < -0.3 is 25.4 Å². The number of unbranched alkanes of at least 4 members (excludes halogenated alkanes) is 2. The van der Waals surface area contributed by atoms with Crippen molar-refractivity contribution >= 4 is 21.9 Å². The molecule has 0 spiro atoms. The molecule has 0 amide bonds. The molecule has 2 aromatic carbocycles. The summed E-state index contributed by atoms with van der Waals surface area (Å²) >= 11 is 0. The summed E-state index contributed by atoms with van der Waals surface area (Å²) in [6, 6.07) is 10.5. The topological polar surface area (TPSA) is 101 Å². The van der Waals surface area contributed by atoms with E-state index in [0.29, 0.717) is 59.7 Å². The van der Waals surface area contributed by atoms with Crippen molar-refractivity contribution < 1.29 is 13.9 Å². The van der Waals surface area contributed by atoms with Crippen molar-refractivity contribution in [2.75, 3.05) is 26.3 Å². The molecule has 0 atom stereocenters. The molecule has 0 aliphatic rings. The maximum Gasteiger partial charge on any atom is 0.200 e. The Morgan fingerprint density at radius 2 is 1.38 bits per heavy atom. The van der Waals surface area contributed by atoms with E-state index in [0.717, 1.165) is 19.3 Å². The molecule has 0 aliphatic carbocycles. The molecule has 0 unspecified atom stereocenters. The molecule has 0 radical (unpaired) electrons. The van der Waals surface area contributed by atoms with Gasteiger partial charge in [0.15, 0.2) is 0 Å². The summed E-state index contributed by atoms with van der Waals surface area (Å²) in [6.45, 7) is 2.14. The molecule has 3 aromatic rings.